The van der Waals surface area contributed by atoms with Crippen molar-refractivity contribution < 1.29 is 23.4 Å². The zero-order valence-corrected chi connectivity index (χ0v) is 10.2. The molecule has 1 aliphatic rings. The van der Waals surface area contributed by atoms with Gasteiger partial charge in [0.05, 0.1) is 12.8 Å². The van der Waals surface area contributed by atoms with Crippen LogP contribution in [0.15, 0.2) is 28.8 Å². The third-order valence-electron chi connectivity index (χ3n) is 2.61. The molecule has 1 aliphatic heterocycles. The molecule has 0 fully saturated rings. The quantitative estimate of drug-likeness (QED) is 0.789. The summed E-state index contributed by atoms with van der Waals surface area (Å²) in [5.41, 5.74) is 0.757. The number of nitrogens with zero attached hydrogens (tertiary/aromatic N) is 1. The number of benzene rings is 1. The van der Waals surface area contributed by atoms with Crippen molar-refractivity contribution >= 4 is 5.97 Å². The molecule has 0 unspecified atom stereocenters. The molecule has 0 atom stereocenters. The maximum atomic E-state index is 11.5. The molecule has 1 aromatic carbocycles. The van der Waals surface area contributed by atoms with Gasteiger partial charge in [0, 0.05) is 5.56 Å². The number of ether oxygens (including phenoxy) is 3. The van der Waals surface area contributed by atoms with Gasteiger partial charge in [-0.15, -0.1) is 0 Å². The smallest absolute Gasteiger partial charge is 0.394 e. The Hall–Kier alpha value is -2.50. The van der Waals surface area contributed by atoms with Crippen LogP contribution in [-0.4, -0.2) is 24.4 Å². The monoisotopic (exact) mass is 261 g/mol. The number of oxazole rings is 1. The first-order chi connectivity index (χ1) is 9.28. The van der Waals surface area contributed by atoms with Crippen molar-refractivity contribution in [3.63, 3.8) is 0 Å². The van der Waals surface area contributed by atoms with Crippen LogP contribution in [0.1, 0.15) is 17.6 Å². The molecule has 0 radical (unpaired) electrons. The molecular weight excluding hydrogens is 250 g/mol. The van der Waals surface area contributed by atoms with Gasteiger partial charge in [0.25, 0.3) is 0 Å². The fourth-order valence-corrected chi connectivity index (χ4v) is 1.74. The van der Waals surface area contributed by atoms with Gasteiger partial charge in [0.2, 0.25) is 6.79 Å². The molecule has 6 heteroatoms. The van der Waals surface area contributed by atoms with Gasteiger partial charge >= 0.3 is 11.9 Å². The van der Waals surface area contributed by atoms with Crippen molar-refractivity contribution in [1.29, 1.82) is 0 Å². The lowest BCUT2D eigenvalue weighted by molar-refractivity contribution is 0.0482. The predicted molar refractivity (Wildman–Crippen MR) is 64.0 cm³/mol. The van der Waals surface area contributed by atoms with Crippen LogP contribution >= 0.6 is 0 Å². The lowest BCUT2D eigenvalue weighted by Crippen LogP contribution is -2.04. The summed E-state index contributed by atoms with van der Waals surface area (Å²) >= 11 is 0. The van der Waals surface area contributed by atoms with E-state index >= 15 is 0 Å². The molecule has 2 aromatic rings. The van der Waals surface area contributed by atoms with Crippen LogP contribution in [0.25, 0.3) is 11.3 Å². The van der Waals surface area contributed by atoms with E-state index in [1.165, 1.54) is 6.20 Å². The van der Waals surface area contributed by atoms with Crippen LogP contribution in [0, 0.1) is 0 Å². The largest absolute Gasteiger partial charge is 0.459 e. The first kappa shape index (κ1) is 11.6. The van der Waals surface area contributed by atoms with Gasteiger partial charge in [0.1, 0.15) is 0 Å². The highest BCUT2D eigenvalue weighted by atomic mass is 16.7. The van der Waals surface area contributed by atoms with E-state index < -0.39 is 5.97 Å². The Morgan fingerprint density at radius 2 is 2.21 bits per heavy atom. The predicted octanol–water partition coefficient (Wildman–Crippen LogP) is 2.25. The van der Waals surface area contributed by atoms with Crippen molar-refractivity contribution in [2.45, 2.75) is 6.92 Å². The first-order valence-corrected chi connectivity index (χ1v) is 5.81. The molecular formula is C13H11NO5. The van der Waals surface area contributed by atoms with Crippen molar-refractivity contribution in [3.8, 4) is 22.8 Å². The molecule has 0 spiro atoms. The molecule has 0 aliphatic carbocycles. The number of hydrogen-bond donors (Lipinski definition) is 0. The number of aromatic nitrogens is 1. The van der Waals surface area contributed by atoms with Crippen LogP contribution in [0.5, 0.6) is 11.5 Å². The standard InChI is InChI=1S/C13H11NO5/c1-2-16-13(15)12-14-6-11(19-12)8-3-4-9-10(5-8)18-7-17-9/h3-6H,2,7H2,1H3. The van der Waals surface area contributed by atoms with Crippen molar-refractivity contribution in [2.24, 2.45) is 0 Å². The molecule has 0 N–H and O–H groups in total. The lowest BCUT2D eigenvalue weighted by Gasteiger charge is -1.99. The van der Waals surface area contributed by atoms with Crippen LogP contribution in [-0.2, 0) is 4.74 Å². The Morgan fingerprint density at radius 3 is 3.05 bits per heavy atom. The number of carbonyl (C=O) groups excluding carboxylic acids is 1. The lowest BCUT2D eigenvalue weighted by atomic mass is 10.1. The Labute approximate surface area is 108 Å². The summed E-state index contributed by atoms with van der Waals surface area (Å²) in [6.45, 7) is 2.21. The Bertz CT molecular complexity index is 619. The zero-order valence-electron chi connectivity index (χ0n) is 10.2. The second-order valence-corrected chi connectivity index (χ2v) is 3.82. The topological polar surface area (TPSA) is 70.8 Å². The zero-order chi connectivity index (χ0) is 13.2. The van der Waals surface area contributed by atoms with Gasteiger partial charge in [-0.25, -0.2) is 9.78 Å². The Kier molecular flexibility index (Phi) is 2.83. The summed E-state index contributed by atoms with van der Waals surface area (Å²) < 4.78 is 20.7. The van der Waals surface area contributed by atoms with Gasteiger partial charge in [-0.1, -0.05) is 0 Å². The van der Waals surface area contributed by atoms with Crippen LogP contribution < -0.4 is 9.47 Å². The number of hydrogen-bond acceptors (Lipinski definition) is 6. The molecule has 0 amide bonds. The van der Waals surface area contributed by atoms with Crippen LogP contribution in [0.2, 0.25) is 0 Å². The average Bonchev–Trinajstić information content (AvgIpc) is 3.07. The summed E-state index contributed by atoms with van der Waals surface area (Å²) in [5.74, 6) is 1.17. The highest BCUT2D eigenvalue weighted by Gasteiger charge is 2.18. The highest BCUT2D eigenvalue weighted by molar-refractivity contribution is 5.84. The number of esters is 1. The van der Waals surface area contributed by atoms with E-state index in [2.05, 4.69) is 4.98 Å². The highest BCUT2D eigenvalue weighted by Crippen LogP contribution is 2.35. The van der Waals surface area contributed by atoms with E-state index in [1.54, 1.807) is 19.1 Å². The molecule has 19 heavy (non-hydrogen) atoms. The summed E-state index contributed by atoms with van der Waals surface area (Å²) in [7, 11) is 0. The molecule has 98 valence electrons. The van der Waals surface area contributed by atoms with E-state index in [0.717, 1.165) is 5.56 Å². The second-order valence-electron chi connectivity index (χ2n) is 3.82. The summed E-state index contributed by atoms with van der Waals surface area (Å²) in [6, 6.07) is 5.37. The van der Waals surface area contributed by atoms with Gasteiger partial charge in [-0.05, 0) is 25.1 Å². The van der Waals surface area contributed by atoms with Crippen molar-refractivity contribution in [2.75, 3.05) is 13.4 Å². The maximum Gasteiger partial charge on any atom is 0.394 e. The summed E-state index contributed by atoms with van der Waals surface area (Å²) in [5, 5.41) is 0. The summed E-state index contributed by atoms with van der Waals surface area (Å²) in [4.78, 5) is 15.3. The molecule has 1 aromatic heterocycles. The Morgan fingerprint density at radius 1 is 1.37 bits per heavy atom. The first-order valence-electron chi connectivity index (χ1n) is 5.81. The number of carbonyl (C=O) groups is 1. The minimum absolute atomic E-state index is 0.0606. The van der Waals surface area contributed by atoms with Crippen LogP contribution in [0.4, 0.5) is 0 Å². The molecule has 3 rings (SSSR count). The fraction of sp³-hybridized carbons (Fsp3) is 0.231. The van der Waals surface area contributed by atoms with Gasteiger partial charge in [-0.2, -0.15) is 0 Å². The average molecular weight is 261 g/mol. The van der Waals surface area contributed by atoms with Crippen LogP contribution in [0.3, 0.4) is 0 Å². The van der Waals surface area contributed by atoms with E-state index in [-0.39, 0.29) is 19.3 Å². The molecule has 0 bridgehead atoms. The minimum Gasteiger partial charge on any atom is -0.459 e. The maximum absolute atomic E-state index is 11.5. The number of rotatable bonds is 3. The third kappa shape index (κ3) is 2.12. The van der Waals surface area contributed by atoms with E-state index in [1.807, 2.05) is 6.07 Å². The normalized spacial score (nSPS) is 12.5. The van der Waals surface area contributed by atoms with E-state index in [0.29, 0.717) is 17.3 Å². The molecule has 0 saturated carbocycles. The van der Waals surface area contributed by atoms with Crippen molar-refractivity contribution in [1.82, 2.24) is 4.98 Å². The Balaban J connectivity index is 1.88. The van der Waals surface area contributed by atoms with E-state index in [9.17, 15) is 4.79 Å². The molecule has 6 nitrogen and oxygen atoms in total. The SMILES string of the molecule is CCOC(=O)c1ncc(-c2ccc3c(c2)OCO3)o1. The van der Waals surface area contributed by atoms with Gasteiger partial charge in [0.15, 0.2) is 17.3 Å². The van der Waals surface area contributed by atoms with E-state index in [4.69, 9.17) is 18.6 Å². The molecule has 2 heterocycles. The summed E-state index contributed by atoms with van der Waals surface area (Å²) in [6.07, 6.45) is 1.48. The third-order valence-corrected chi connectivity index (χ3v) is 2.61. The van der Waals surface area contributed by atoms with Gasteiger partial charge in [-0.3, -0.25) is 0 Å². The minimum atomic E-state index is -0.575. The molecule has 0 saturated heterocycles. The van der Waals surface area contributed by atoms with Gasteiger partial charge < -0.3 is 18.6 Å². The fourth-order valence-electron chi connectivity index (χ4n) is 1.74. The second kappa shape index (κ2) is 4.64. The number of fused-ring (bicyclic) bond motifs is 1. The van der Waals surface area contributed by atoms with Crippen molar-refractivity contribution in [3.05, 3.63) is 30.3 Å².